The predicted molar refractivity (Wildman–Crippen MR) is 68.9 cm³/mol. The number of aliphatic hydroxyl groups excluding tert-OH is 1. The Morgan fingerprint density at radius 2 is 1.90 bits per heavy atom. The van der Waals surface area contributed by atoms with Crippen LogP contribution in [0.3, 0.4) is 0 Å². The summed E-state index contributed by atoms with van der Waals surface area (Å²) in [5, 5.41) is 8.96. The highest BCUT2D eigenvalue weighted by Gasteiger charge is 2.43. The molecule has 1 saturated heterocycles. The van der Waals surface area contributed by atoms with Crippen LogP contribution in [0, 0.1) is 5.92 Å². The molecule has 7 nitrogen and oxygen atoms in total. The normalized spacial score (nSPS) is 22.6. The van der Waals surface area contributed by atoms with Crippen LogP contribution in [0.1, 0.15) is 27.2 Å². The zero-order valence-electron chi connectivity index (χ0n) is 12.2. The lowest BCUT2D eigenvalue weighted by atomic mass is 10.0. The molecule has 1 fully saturated rings. The molecule has 0 aliphatic carbocycles. The number of nitrogens with zero attached hydrogens (tertiary/aromatic N) is 1. The number of Topliss-reactive ketones (excluding diaryl/α,β-unsaturated/α-hetero) is 1. The molecule has 1 heterocycles. The summed E-state index contributed by atoms with van der Waals surface area (Å²) in [6, 6.07) is -0.848. The van der Waals surface area contributed by atoms with Gasteiger partial charge in [0.05, 0.1) is 19.1 Å². The summed E-state index contributed by atoms with van der Waals surface area (Å²) >= 11 is 0. The molecule has 1 aliphatic heterocycles. The Balaban J connectivity index is 2.87. The van der Waals surface area contributed by atoms with Crippen molar-refractivity contribution in [2.75, 3.05) is 20.3 Å². The molecule has 1 rings (SSSR count). The van der Waals surface area contributed by atoms with E-state index in [2.05, 4.69) is 4.74 Å². The van der Waals surface area contributed by atoms with Gasteiger partial charge in [-0.25, -0.2) is 4.79 Å². The minimum Gasteiger partial charge on any atom is -0.469 e. The number of ketones is 1. The van der Waals surface area contributed by atoms with E-state index in [0.29, 0.717) is 0 Å². The fraction of sp³-hybridized carbons (Fsp3) is 0.769. The van der Waals surface area contributed by atoms with E-state index in [1.54, 1.807) is 20.8 Å². The highest BCUT2D eigenvalue weighted by molar-refractivity contribution is 5.90. The Bertz CT molecular complexity index is 400. The van der Waals surface area contributed by atoms with Crippen LogP contribution in [-0.4, -0.2) is 59.8 Å². The number of likely N-dealkylation sites (tertiary alicyclic amines) is 1. The maximum atomic E-state index is 12.1. The van der Waals surface area contributed by atoms with Crippen LogP contribution in [0.25, 0.3) is 0 Å². The molecule has 0 saturated carbocycles. The van der Waals surface area contributed by atoms with E-state index in [4.69, 9.17) is 9.84 Å². The number of esters is 1. The zero-order chi connectivity index (χ0) is 15.5. The third kappa shape index (κ3) is 3.93. The maximum absolute atomic E-state index is 12.1. The number of hydrogen-bond donors (Lipinski definition) is 1. The van der Waals surface area contributed by atoms with Crippen LogP contribution in [-0.2, 0) is 19.1 Å². The predicted octanol–water partition coefficient (Wildman–Crippen LogP) is 0.346. The van der Waals surface area contributed by atoms with Gasteiger partial charge in [-0.2, -0.15) is 0 Å². The van der Waals surface area contributed by atoms with Crippen molar-refractivity contribution in [1.29, 1.82) is 0 Å². The molecular formula is C13H21NO6. The molecule has 1 amide bonds. The van der Waals surface area contributed by atoms with Gasteiger partial charge in [0.1, 0.15) is 12.2 Å². The number of methoxy groups -OCH3 is 1. The second-order valence-corrected chi connectivity index (χ2v) is 5.73. The Kier molecular flexibility index (Phi) is 5.10. The van der Waals surface area contributed by atoms with Crippen LogP contribution in [0.15, 0.2) is 0 Å². The van der Waals surface area contributed by atoms with Crippen LogP contribution in [0.5, 0.6) is 0 Å². The van der Waals surface area contributed by atoms with Gasteiger partial charge >= 0.3 is 12.1 Å². The average Bonchev–Trinajstić information content (AvgIpc) is 2.79. The summed E-state index contributed by atoms with van der Waals surface area (Å²) in [7, 11) is 1.25. The molecule has 1 aliphatic rings. The number of amides is 1. The summed E-state index contributed by atoms with van der Waals surface area (Å²) in [6.07, 6.45) is -0.526. The summed E-state index contributed by atoms with van der Waals surface area (Å²) in [4.78, 5) is 36.5. The van der Waals surface area contributed by atoms with Gasteiger partial charge in [0, 0.05) is 6.54 Å². The summed E-state index contributed by atoms with van der Waals surface area (Å²) in [5.41, 5.74) is -0.701. The van der Waals surface area contributed by atoms with Gasteiger partial charge in [-0.1, -0.05) is 0 Å². The fourth-order valence-electron chi connectivity index (χ4n) is 2.11. The topological polar surface area (TPSA) is 93.1 Å². The van der Waals surface area contributed by atoms with Crippen LogP contribution >= 0.6 is 0 Å². The zero-order valence-corrected chi connectivity index (χ0v) is 12.2. The van der Waals surface area contributed by atoms with Crippen molar-refractivity contribution < 1.29 is 29.0 Å². The fourth-order valence-corrected chi connectivity index (χ4v) is 2.11. The Hall–Kier alpha value is -1.63. The van der Waals surface area contributed by atoms with Crippen LogP contribution in [0.4, 0.5) is 4.79 Å². The molecule has 1 N–H and O–H groups in total. The first-order valence-corrected chi connectivity index (χ1v) is 6.40. The van der Waals surface area contributed by atoms with Crippen molar-refractivity contribution in [2.24, 2.45) is 5.92 Å². The van der Waals surface area contributed by atoms with Gasteiger partial charge in [-0.15, -0.1) is 0 Å². The number of ether oxygens (including phenoxy) is 2. The largest absolute Gasteiger partial charge is 0.469 e. The second-order valence-electron chi connectivity index (χ2n) is 5.73. The molecule has 7 heteroatoms. The highest BCUT2D eigenvalue weighted by atomic mass is 16.6. The van der Waals surface area contributed by atoms with Crippen molar-refractivity contribution in [3.8, 4) is 0 Å². The third-order valence-electron chi connectivity index (χ3n) is 2.99. The number of rotatable bonds is 3. The van der Waals surface area contributed by atoms with Crippen molar-refractivity contribution in [1.82, 2.24) is 4.90 Å². The summed E-state index contributed by atoms with van der Waals surface area (Å²) in [5.74, 6) is -1.57. The SMILES string of the molecule is COC(=O)[C@H]1C[C@@H](C(=O)CO)N(C(=O)OC(C)(C)C)C1. The third-order valence-corrected chi connectivity index (χ3v) is 2.99. The summed E-state index contributed by atoms with van der Waals surface area (Å²) < 4.78 is 9.84. The van der Waals surface area contributed by atoms with E-state index < -0.39 is 42.0 Å². The van der Waals surface area contributed by atoms with E-state index in [-0.39, 0.29) is 13.0 Å². The standard InChI is InChI=1S/C13H21NO6/c1-13(2,3)20-12(18)14-6-8(11(17)19-4)5-9(14)10(16)7-15/h8-9,15H,5-7H2,1-4H3/t8-,9-/m0/s1. The van der Waals surface area contributed by atoms with Crippen molar-refractivity contribution >= 4 is 17.8 Å². The molecule has 0 aromatic carbocycles. The van der Waals surface area contributed by atoms with Gasteiger partial charge in [0.2, 0.25) is 0 Å². The van der Waals surface area contributed by atoms with Gasteiger partial charge in [-0.3, -0.25) is 14.5 Å². The average molecular weight is 287 g/mol. The lowest BCUT2D eigenvalue weighted by molar-refractivity contribution is -0.144. The quantitative estimate of drug-likeness (QED) is 0.753. The molecule has 20 heavy (non-hydrogen) atoms. The number of hydrogen-bond acceptors (Lipinski definition) is 6. The lowest BCUT2D eigenvalue weighted by Gasteiger charge is -2.27. The maximum Gasteiger partial charge on any atom is 0.410 e. The minimum absolute atomic E-state index is 0.0536. The summed E-state index contributed by atoms with van der Waals surface area (Å²) in [6.45, 7) is 4.50. The second kappa shape index (κ2) is 6.21. The van der Waals surface area contributed by atoms with Gasteiger partial charge in [0.25, 0.3) is 0 Å². The van der Waals surface area contributed by atoms with Crippen LogP contribution < -0.4 is 0 Å². The smallest absolute Gasteiger partial charge is 0.410 e. The van der Waals surface area contributed by atoms with E-state index in [9.17, 15) is 14.4 Å². The van der Waals surface area contributed by atoms with E-state index in [1.165, 1.54) is 12.0 Å². The molecule has 2 atom stereocenters. The Morgan fingerprint density at radius 1 is 1.30 bits per heavy atom. The van der Waals surface area contributed by atoms with E-state index in [0.717, 1.165) is 0 Å². The first-order chi connectivity index (χ1) is 9.19. The van der Waals surface area contributed by atoms with Gasteiger partial charge < -0.3 is 14.6 Å². The molecule has 0 aromatic rings. The lowest BCUT2D eigenvalue weighted by Crippen LogP contribution is -2.44. The van der Waals surface area contributed by atoms with Crippen LogP contribution in [0.2, 0.25) is 0 Å². The molecule has 0 spiro atoms. The minimum atomic E-state index is -0.848. The first-order valence-electron chi connectivity index (χ1n) is 6.40. The van der Waals surface area contributed by atoms with Crippen molar-refractivity contribution in [3.63, 3.8) is 0 Å². The molecule has 0 bridgehead atoms. The van der Waals surface area contributed by atoms with Crippen molar-refractivity contribution in [3.05, 3.63) is 0 Å². The van der Waals surface area contributed by atoms with E-state index in [1.807, 2.05) is 0 Å². The molecular weight excluding hydrogens is 266 g/mol. The molecule has 0 unspecified atom stereocenters. The van der Waals surface area contributed by atoms with Crippen molar-refractivity contribution in [2.45, 2.75) is 38.8 Å². The Labute approximate surface area is 117 Å². The molecule has 114 valence electrons. The number of carbonyl (C=O) groups is 3. The van der Waals surface area contributed by atoms with E-state index >= 15 is 0 Å². The number of carbonyl (C=O) groups excluding carboxylic acids is 3. The van der Waals surface area contributed by atoms with Gasteiger partial charge in [-0.05, 0) is 27.2 Å². The Morgan fingerprint density at radius 3 is 2.35 bits per heavy atom. The first kappa shape index (κ1) is 16.4. The number of aliphatic hydroxyl groups is 1. The monoisotopic (exact) mass is 287 g/mol. The van der Waals surface area contributed by atoms with Gasteiger partial charge in [0.15, 0.2) is 5.78 Å². The molecule has 0 radical (unpaired) electrons. The molecule has 0 aromatic heterocycles. The highest BCUT2D eigenvalue weighted by Crippen LogP contribution is 2.27.